The number of piperidine rings is 1. The van der Waals surface area contributed by atoms with E-state index in [4.69, 9.17) is 0 Å². The van der Waals surface area contributed by atoms with Crippen LogP contribution in [0.4, 0.5) is 0 Å². The number of aromatic amines is 1. The number of nitrogens with zero attached hydrogens (tertiary/aromatic N) is 2. The quantitative estimate of drug-likeness (QED) is 0.882. The van der Waals surface area contributed by atoms with Crippen molar-refractivity contribution in [3.8, 4) is 0 Å². The maximum absolute atomic E-state index is 13.0. The van der Waals surface area contributed by atoms with Crippen molar-refractivity contribution in [2.45, 2.75) is 59.4 Å². The Bertz CT molecular complexity index is 755. The SMILES string of the molecule is CC(=O)N(C)C1CCN(C(=O)c2[nH]c3c(c2C)C(=O)CC(C)(C)C3)CC1. The van der Waals surface area contributed by atoms with E-state index in [1.54, 1.807) is 11.8 Å². The number of amides is 2. The van der Waals surface area contributed by atoms with Crippen molar-refractivity contribution in [3.05, 3.63) is 22.5 Å². The van der Waals surface area contributed by atoms with E-state index in [-0.39, 0.29) is 29.1 Å². The van der Waals surface area contributed by atoms with Crippen LogP contribution in [0.1, 0.15) is 72.1 Å². The Balaban J connectivity index is 1.76. The van der Waals surface area contributed by atoms with Crippen LogP contribution in [0.25, 0.3) is 0 Å². The van der Waals surface area contributed by atoms with E-state index in [0.717, 1.165) is 36.1 Å². The fourth-order valence-electron chi connectivity index (χ4n) is 4.32. The van der Waals surface area contributed by atoms with Gasteiger partial charge in [0.15, 0.2) is 5.78 Å². The van der Waals surface area contributed by atoms with Crippen LogP contribution in [0, 0.1) is 12.3 Å². The number of carbonyl (C=O) groups excluding carboxylic acids is 3. The topological polar surface area (TPSA) is 73.5 Å². The first-order valence-electron chi connectivity index (χ1n) is 9.38. The summed E-state index contributed by atoms with van der Waals surface area (Å²) in [5.74, 6) is 0.154. The van der Waals surface area contributed by atoms with Crippen molar-refractivity contribution < 1.29 is 14.4 Å². The van der Waals surface area contributed by atoms with E-state index >= 15 is 0 Å². The molecule has 1 aromatic rings. The summed E-state index contributed by atoms with van der Waals surface area (Å²) in [5.41, 5.74) is 2.89. The van der Waals surface area contributed by atoms with E-state index in [9.17, 15) is 14.4 Å². The van der Waals surface area contributed by atoms with Gasteiger partial charge in [-0.3, -0.25) is 14.4 Å². The zero-order chi connectivity index (χ0) is 19.2. The average Bonchev–Trinajstić information content (AvgIpc) is 2.88. The molecule has 0 radical (unpaired) electrons. The van der Waals surface area contributed by atoms with Crippen LogP contribution < -0.4 is 0 Å². The number of carbonyl (C=O) groups is 3. The Morgan fingerprint density at radius 1 is 1.19 bits per heavy atom. The molecular weight excluding hydrogens is 330 g/mol. The summed E-state index contributed by atoms with van der Waals surface area (Å²) in [6, 6.07) is 0.192. The highest BCUT2D eigenvalue weighted by molar-refractivity contribution is 6.04. The number of Topliss-reactive ketones (excluding diaryl/α,β-unsaturated/α-hetero) is 1. The summed E-state index contributed by atoms with van der Waals surface area (Å²) in [7, 11) is 1.82. The van der Waals surface area contributed by atoms with Crippen LogP contribution in [-0.4, -0.2) is 58.6 Å². The van der Waals surface area contributed by atoms with Gasteiger partial charge in [-0.1, -0.05) is 13.8 Å². The minimum Gasteiger partial charge on any atom is -0.354 e. The van der Waals surface area contributed by atoms with Gasteiger partial charge in [-0.05, 0) is 37.2 Å². The monoisotopic (exact) mass is 359 g/mol. The van der Waals surface area contributed by atoms with Crippen LogP contribution in [-0.2, 0) is 11.2 Å². The summed E-state index contributed by atoms with van der Waals surface area (Å²) >= 11 is 0. The largest absolute Gasteiger partial charge is 0.354 e. The van der Waals surface area contributed by atoms with E-state index < -0.39 is 0 Å². The fraction of sp³-hybridized carbons (Fsp3) is 0.650. The first kappa shape index (κ1) is 18.7. The molecule has 0 spiro atoms. The Kier molecular flexibility index (Phi) is 4.71. The third-order valence-electron chi connectivity index (χ3n) is 5.91. The molecule has 142 valence electrons. The Morgan fingerprint density at radius 2 is 1.81 bits per heavy atom. The number of hydrogen-bond donors (Lipinski definition) is 1. The van der Waals surface area contributed by atoms with E-state index in [1.165, 1.54) is 0 Å². The Labute approximate surface area is 154 Å². The van der Waals surface area contributed by atoms with Crippen LogP contribution in [0.15, 0.2) is 0 Å². The third kappa shape index (κ3) is 3.29. The summed E-state index contributed by atoms with van der Waals surface area (Å²) in [6.07, 6.45) is 2.88. The molecule has 1 N–H and O–H groups in total. The predicted octanol–water partition coefficient (Wildman–Crippen LogP) is 2.56. The second-order valence-corrected chi connectivity index (χ2v) is 8.57. The first-order chi connectivity index (χ1) is 12.1. The van der Waals surface area contributed by atoms with Gasteiger partial charge in [0.2, 0.25) is 5.91 Å². The highest BCUT2D eigenvalue weighted by Crippen LogP contribution is 2.37. The van der Waals surface area contributed by atoms with Crippen molar-refractivity contribution in [1.29, 1.82) is 0 Å². The number of ketones is 1. The molecule has 0 atom stereocenters. The second-order valence-electron chi connectivity index (χ2n) is 8.57. The van der Waals surface area contributed by atoms with Gasteiger partial charge < -0.3 is 14.8 Å². The predicted molar refractivity (Wildman–Crippen MR) is 99.3 cm³/mol. The number of aromatic nitrogens is 1. The number of nitrogens with one attached hydrogen (secondary N) is 1. The molecule has 0 bridgehead atoms. The fourth-order valence-corrected chi connectivity index (χ4v) is 4.32. The molecule has 6 heteroatoms. The Morgan fingerprint density at radius 3 is 2.38 bits per heavy atom. The number of fused-ring (bicyclic) bond motifs is 1. The lowest BCUT2D eigenvalue weighted by atomic mass is 9.75. The summed E-state index contributed by atoms with van der Waals surface area (Å²) in [6.45, 7) is 8.87. The highest BCUT2D eigenvalue weighted by Gasteiger charge is 2.36. The smallest absolute Gasteiger partial charge is 0.270 e. The molecule has 2 amide bonds. The standard InChI is InChI=1S/C20H29N3O3/c1-12-17-15(10-20(3,4)11-16(17)25)21-18(12)19(26)23-8-6-14(7-9-23)22(5)13(2)24/h14,21H,6-11H2,1-5H3. The van der Waals surface area contributed by atoms with Crippen molar-refractivity contribution in [1.82, 2.24) is 14.8 Å². The molecule has 1 aliphatic carbocycles. The third-order valence-corrected chi connectivity index (χ3v) is 5.91. The molecule has 1 aliphatic heterocycles. The molecule has 0 saturated carbocycles. The lowest BCUT2D eigenvalue weighted by Crippen LogP contribution is -2.47. The Hall–Kier alpha value is -2.11. The summed E-state index contributed by atoms with van der Waals surface area (Å²) in [4.78, 5) is 43.9. The van der Waals surface area contributed by atoms with Gasteiger partial charge >= 0.3 is 0 Å². The van der Waals surface area contributed by atoms with Crippen molar-refractivity contribution in [2.75, 3.05) is 20.1 Å². The molecule has 26 heavy (non-hydrogen) atoms. The normalized spacial score (nSPS) is 20.0. The van der Waals surface area contributed by atoms with Crippen LogP contribution in [0.3, 0.4) is 0 Å². The van der Waals surface area contributed by atoms with Crippen molar-refractivity contribution in [2.24, 2.45) is 5.41 Å². The second kappa shape index (κ2) is 6.56. The molecule has 1 fully saturated rings. The van der Waals surface area contributed by atoms with Gasteiger partial charge in [-0.25, -0.2) is 0 Å². The average molecular weight is 359 g/mol. The zero-order valence-electron chi connectivity index (χ0n) is 16.4. The molecule has 3 rings (SSSR count). The van der Waals surface area contributed by atoms with Crippen molar-refractivity contribution in [3.63, 3.8) is 0 Å². The summed E-state index contributed by atoms with van der Waals surface area (Å²) < 4.78 is 0. The van der Waals surface area contributed by atoms with Crippen LogP contribution in [0.2, 0.25) is 0 Å². The van der Waals surface area contributed by atoms with Gasteiger partial charge in [-0.2, -0.15) is 0 Å². The zero-order valence-corrected chi connectivity index (χ0v) is 16.4. The highest BCUT2D eigenvalue weighted by atomic mass is 16.2. The number of H-pyrrole nitrogens is 1. The van der Waals surface area contributed by atoms with Crippen LogP contribution in [0.5, 0.6) is 0 Å². The van der Waals surface area contributed by atoms with Gasteiger partial charge in [-0.15, -0.1) is 0 Å². The van der Waals surface area contributed by atoms with Gasteiger partial charge in [0.25, 0.3) is 5.91 Å². The van der Waals surface area contributed by atoms with E-state index in [1.807, 2.05) is 18.9 Å². The molecule has 2 heterocycles. The maximum atomic E-state index is 13.0. The van der Waals surface area contributed by atoms with Gasteiger partial charge in [0, 0.05) is 50.8 Å². The first-order valence-corrected chi connectivity index (χ1v) is 9.38. The molecule has 1 saturated heterocycles. The van der Waals surface area contributed by atoms with Gasteiger partial charge in [0.05, 0.1) is 0 Å². The number of rotatable bonds is 2. The van der Waals surface area contributed by atoms with E-state index in [2.05, 4.69) is 18.8 Å². The van der Waals surface area contributed by atoms with Crippen molar-refractivity contribution >= 4 is 17.6 Å². The molecular formula is C20H29N3O3. The lowest BCUT2D eigenvalue weighted by molar-refractivity contribution is -0.130. The molecule has 0 unspecified atom stereocenters. The van der Waals surface area contributed by atoms with Gasteiger partial charge in [0.1, 0.15) is 5.69 Å². The minimum atomic E-state index is -0.0721. The number of likely N-dealkylation sites (tertiary alicyclic amines) is 1. The molecule has 2 aliphatic rings. The molecule has 1 aromatic heterocycles. The minimum absolute atomic E-state index is 0.0357. The number of hydrogen-bond acceptors (Lipinski definition) is 3. The van der Waals surface area contributed by atoms with E-state index in [0.29, 0.717) is 25.2 Å². The van der Waals surface area contributed by atoms with Crippen LogP contribution >= 0.6 is 0 Å². The lowest BCUT2D eigenvalue weighted by Gasteiger charge is -2.36. The molecule has 0 aromatic carbocycles. The summed E-state index contributed by atoms with van der Waals surface area (Å²) in [5, 5.41) is 0. The maximum Gasteiger partial charge on any atom is 0.270 e. The molecule has 6 nitrogen and oxygen atoms in total.